The molecule has 0 amide bonds. The fourth-order valence-electron chi connectivity index (χ4n) is 3.98. The van der Waals surface area contributed by atoms with Crippen molar-refractivity contribution < 1.29 is 18.7 Å². The first-order valence-electron chi connectivity index (χ1n) is 8.32. The van der Waals surface area contributed by atoms with Crippen molar-refractivity contribution in [1.82, 2.24) is 0 Å². The van der Waals surface area contributed by atoms with Gasteiger partial charge in [-0.1, -0.05) is 25.6 Å². The number of benzene rings is 1. The van der Waals surface area contributed by atoms with Gasteiger partial charge < -0.3 is 9.15 Å². The van der Waals surface area contributed by atoms with Crippen molar-refractivity contribution >= 4 is 22.7 Å². The van der Waals surface area contributed by atoms with E-state index >= 15 is 0 Å². The minimum atomic E-state index is -1.33. The molecule has 3 atom stereocenters. The van der Waals surface area contributed by atoms with Gasteiger partial charge in [-0.25, -0.2) is 0 Å². The Morgan fingerprint density at radius 3 is 2.64 bits per heavy atom. The van der Waals surface area contributed by atoms with Gasteiger partial charge in [0.25, 0.3) is 0 Å². The van der Waals surface area contributed by atoms with Gasteiger partial charge in [0.1, 0.15) is 28.4 Å². The second-order valence-corrected chi connectivity index (χ2v) is 7.08. The number of esters is 1. The summed E-state index contributed by atoms with van der Waals surface area (Å²) in [6.45, 7) is 7.43. The van der Waals surface area contributed by atoms with E-state index in [1.165, 1.54) is 0 Å². The zero-order valence-electron chi connectivity index (χ0n) is 14.1. The highest BCUT2D eigenvalue weighted by molar-refractivity contribution is 6.15. The fourth-order valence-corrected chi connectivity index (χ4v) is 3.98. The van der Waals surface area contributed by atoms with Gasteiger partial charge in [0.2, 0.25) is 5.43 Å². The molecule has 5 heteroatoms. The summed E-state index contributed by atoms with van der Waals surface area (Å²) in [6.07, 6.45) is 0.0828. The third-order valence-electron chi connectivity index (χ3n) is 5.51. The smallest absolute Gasteiger partial charge is 0.321 e. The monoisotopic (exact) mass is 338 g/mol. The van der Waals surface area contributed by atoms with Crippen LogP contribution in [-0.2, 0) is 16.0 Å². The largest absolute Gasteiger partial charge is 0.460 e. The standard InChI is InChI=1S/C20H18O5/c1-10(2)15-9-20(19(23)25-15)11(3)8-14-16(18(20)22)17(21)12-6-4-5-7-13(12)24-14/h4-7,11,15H,1,8-9H2,2-3H3/t11-,15-,20-/m1/s1. The van der Waals surface area contributed by atoms with Crippen molar-refractivity contribution in [3.05, 3.63) is 58.0 Å². The summed E-state index contributed by atoms with van der Waals surface area (Å²) in [5.41, 5.74) is -0.554. The average Bonchev–Trinajstić information content (AvgIpc) is 2.92. The van der Waals surface area contributed by atoms with E-state index in [0.29, 0.717) is 28.7 Å². The first kappa shape index (κ1) is 15.8. The molecule has 128 valence electrons. The second kappa shape index (κ2) is 5.15. The van der Waals surface area contributed by atoms with Gasteiger partial charge in [0.05, 0.1) is 5.39 Å². The lowest BCUT2D eigenvalue weighted by atomic mass is 9.63. The maximum Gasteiger partial charge on any atom is 0.321 e. The van der Waals surface area contributed by atoms with Gasteiger partial charge in [-0.2, -0.15) is 0 Å². The molecule has 2 heterocycles. The zero-order valence-corrected chi connectivity index (χ0v) is 14.1. The van der Waals surface area contributed by atoms with E-state index in [2.05, 4.69) is 6.58 Å². The van der Waals surface area contributed by atoms with Crippen LogP contribution in [0.25, 0.3) is 11.0 Å². The molecular formula is C20H18O5. The number of ether oxygens (including phenoxy) is 1. The fraction of sp³-hybridized carbons (Fsp3) is 0.350. The van der Waals surface area contributed by atoms with Gasteiger partial charge in [0, 0.05) is 12.8 Å². The number of carbonyl (C=O) groups excluding carboxylic acids is 2. The van der Waals surface area contributed by atoms with E-state index in [4.69, 9.17) is 9.15 Å². The molecular weight excluding hydrogens is 320 g/mol. The summed E-state index contributed by atoms with van der Waals surface area (Å²) >= 11 is 0. The molecule has 1 saturated heterocycles. The van der Waals surface area contributed by atoms with Gasteiger partial charge in [-0.15, -0.1) is 0 Å². The molecule has 1 fully saturated rings. The molecule has 2 aliphatic rings. The van der Waals surface area contributed by atoms with Crippen LogP contribution in [0.2, 0.25) is 0 Å². The van der Waals surface area contributed by atoms with Crippen LogP contribution in [0.3, 0.4) is 0 Å². The van der Waals surface area contributed by atoms with Crippen molar-refractivity contribution in [1.29, 1.82) is 0 Å². The lowest BCUT2D eigenvalue weighted by molar-refractivity contribution is -0.147. The van der Waals surface area contributed by atoms with Crippen LogP contribution in [0.4, 0.5) is 0 Å². The van der Waals surface area contributed by atoms with Gasteiger partial charge in [-0.05, 0) is 30.5 Å². The number of cyclic esters (lactones) is 1. The number of fused-ring (bicyclic) bond motifs is 2. The van der Waals surface area contributed by atoms with Crippen molar-refractivity contribution in [3.63, 3.8) is 0 Å². The Balaban J connectivity index is 1.94. The van der Waals surface area contributed by atoms with E-state index in [1.54, 1.807) is 31.2 Å². The van der Waals surface area contributed by atoms with E-state index in [0.717, 1.165) is 0 Å². The van der Waals surface area contributed by atoms with Crippen LogP contribution < -0.4 is 5.43 Å². The van der Waals surface area contributed by atoms with Crippen molar-refractivity contribution in [2.45, 2.75) is 32.8 Å². The van der Waals surface area contributed by atoms with E-state index in [-0.39, 0.29) is 23.3 Å². The Hall–Kier alpha value is -2.69. The Morgan fingerprint density at radius 2 is 1.96 bits per heavy atom. The lowest BCUT2D eigenvalue weighted by Gasteiger charge is -2.34. The molecule has 1 aliphatic heterocycles. The second-order valence-electron chi connectivity index (χ2n) is 7.08. The van der Waals surface area contributed by atoms with Crippen LogP contribution in [-0.4, -0.2) is 17.9 Å². The molecule has 2 aromatic rings. The number of ketones is 1. The minimum absolute atomic E-state index is 0.00360. The maximum absolute atomic E-state index is 13.3. The molecule has 1 aliphatic carbocycles. The van der Waals surface area contributed by atoms with Gasteiger partial charge in [0.15, 0.2) is 5.78 Å². The summed E-state index contributed by atoms with van der Waals surface area (Å²) in [7, 11) is 0. The molecule has 1 spiro atoms. The normalized spacial score (nSPS) is 28.2. The predicted octanol–water partition coefficient (Wildman–Crippen LogP) is 3.05. The molecule has 25 heavy (non-hydrogen) atoms. The third kappa shape index (κ3) is 1.98. The Bertz CT molecular complexity index is 999. The first-order valence-corrected chi connectivity index (χ1v) is 8.32. The lowest BCUT2D eigenvalue weighted by Crippen LogP contribution is -2.48. The number of rotatable bonds is 1. The molecule has 1 aromatic carbocycles. The number of Topliss-reactive ketones (excluding diaryl/α,β-unsaturated/α-hetero) is 1. The van der Waals surface area contributed by atoms with Gasteiger partial charge >= 0.3 is 5.97 Å². The summed E-state index contributed by atoms with van der Waals surface area (Å²) in [4.78, 5) is 38.9. The minimum Gasteiger partial charge on any atom is -0.460 e. The zero-order chi connectivity index (χ0) is 17.9. The number of carbonyl (C=O) groups is 2. The highest BCUT2D eigenvalue weighted by Crippen LogP contribution is 2.49. The van der Waals surface area contributed by atoms with E-state index < -0.39 is 23.3 Å². The van der Waals surface area contributed by atoms with Gasteiger partial charge in [-0.3, -0.25) is 14.4 Å². The highest BCUT2D eigenvalue weighted by Gasteiger charge is 2.61. The number of para-hydroxylation sites is 1. The maximum atomic E-state index is 13.3. The van der Waals surface area contributed by atoms with Crippen molar-refractivity contribution in [3.8, 4) is 0 Å². The molecule has 0 saturated carbocycles. The summed E-state index contributed by atoms with van der Waals surface area (Å²) in [5.74, 6) is -0.988. The predicted molar refractivity (Wildman–Crippen MR) is 91.4 cm³/mol. The topological polar surface area (TPSA) is 73.6 Å². The molecule has 0 N–H and O–H groups in total. The SMILES string of the molecule is C=C(C)[C@H]1C[C@]2(C(=O)O1)C(=O)c1c(oc3ccccc3c1=O)C[C@H]2C. The first-order chi connectivity index (χ1) is 11.9. The van der Waals surface area contributed by atoms with Crippen LogP contribution in [0.15, 0.2) is 45.6 Å². The Kier molecular flexibility index (Phi) is 3.26. The van der Waals surface area contributed by atoms with E-state index in [9.17, 15) is 14.4 Å². The van der Waals surface area contributed by atoms with Crippen molar-refractivity contribution in [2.24, 2.45) is 11.3 Å². The summed E-state index contributed by atoms with van der Waals surface area (Å²) in [5, 5.41) is 0.349. The van der Waals surface area contributed by atoms with Crippen LogP contribution in [0.1, 0.15) is 36.4 Å². The van der Waals surface area contributed by atoms with Crippen LogP contribution in [0, 0.1) is 11.3 Å². The third-order valence-corrected chi connectivity index (χ3v) is 5.51. The van der Waals surface area contributed by atoms with Crippen LogP contribution >= 0.6 is 0 Å². The average molecular weight is 338 g/mol. The summed E-state index contributed by atoms with van der Waals surface area (Å²) in [6, 6.07) is 6.83. The number of hydrogen-bond donors (Lipinski definition) is 0. The highest BCUT2D eigenvalue weighted by atomic mass is 16.6. The molecule has 0 bridgehead atoms. The molecule has 0 unspecified atom stereocenters. The van der Waals surface area contributed by atoms with Crippen molar-refractivity contribution in [2.75, 3.05) is 0 Å². The quantitative estimate of drug-likeness (QED) is 0.454. The number of hydrogen-bond acceptors (Lipinski definition) is 5. The van der Waals surface area contributed by atoms with E-state index in [1.807, 2.05) is 6.92 Å². The summed E-state index contributed by atoms with van der Waals surface area (Å²) < 4.78 is 11.2. The molecule has 0 radical (unpaired) electrons. The Labute approximate surface area is 144 Å². The molecule has 1 aromatic heterocycles. The van der Waals surface area contributed by atoms with Crippen LogP contribution in [0.5, 0.6) is 0 Å². The molecule has 4 rings (SSSR count). The Morgan fingerprint density at radius 1 is 1.24 bits per heavy atom. The molecule has 5 nitrogen and oxygen atoms in total.